The van der Waals surface area contributed by atoms with Crippen LogP contribution in [-0.4, -0.2) is 22.0 Å². The van der Waals surface area contributed by atoms with E-state index in [0.29, 0.717) is 23.1 Å². The summed E-state index contributed by atoms with van der Waals surface area (Å²) in [6.45, 7) is 6.13. The van der Waals surface area contributed by atoms with Crippen molar-refractivity contribution in [3.8, 4) is 5.75 Å². The molecule has 1 aromatic heterocycles. The summed E-state index contributed by atoms with van der Waals surface area (Å²) in [5.74, 6) is 1.52. The maximum absolute atomic E-state index is 13.0. The van der Waals surface area contributed by atoms with Crippen LogP contribution in [0.25, 0.3) is 10.9 Å². The van der Waals surface area contributed by atoms with Gasteiger partial charge in [-0.05, 0) is 94.4 Å². The number of benzene rings is 2. The van der Waals surface area contributed by atoms with E-state index in [9.17, 15) is 4.79 Å². The molecule has 152 valence electrons. The third-order valence-corrected chi connectivity index (χ3v) is 6.52. The number of aromatic nitrogens is 2. The van der Waals surface area contributed by atoms with E-state index in [-0.39, 0.29) is 11.7 Å². The zero-order valence-electron chi connectivity index (χ0n) is 16.2. The van der Waals surface area contributed by atoms with Crippen molar-refractivity contribution in [3.05, 3.63) is 63.7 Å². The van der Waals surface area contributed by atoms with Crippen LogP contribution in [-0.2, 0) is 6.42 Å². The number of halogens is 3. The Morgan fingerprint density at radius 3 is 2.55 bits per heavy atom. The number of rotatable bonds is 6. The van der Waals surface area contributed by atoms with Crippen molar-refractivity contribution in [1.29, 1.82) is 0 Å². The third-order valence-electron chi connectivity index (χ3n) is 4.43. The second kappa shape index (κ2) is 9.86. The predicted octanol–water partition coefficient (Wildman–Crippen LogP) is 5.99. The molecule has 8 heteroatoms. The molecular weight excluding hydrogens is 660 g/mol. The van der Waals surface area contributed by atoms with Gasteiger partial charge in [0.25, 0.3) is 5.56 Å². The zero-order valence-corrected chi connectivity index (χ0v) is 22.1. The minimum Gasteiger partial charge on any atom is -0.489 e. The Balaban J connectivity index is 2.02. The van der Waals surface area contributed by atoms with E-state index >= 15 is 0 Å². The van der Waals surface area contributed by atoms with Gasteiger partial charge in [-0.2, -0.15) is 9.78 Å². The molecule has 3 aromatic rings. The van der Waals surface area contributed by atoms with E-state index in [1.807, 2.05) is 31.2 Å². The van der Waals surface area contributed by atoms with Crippen molar-refractivity contribution in [2.24, 2.45) is 5.10 Å². The lowest BCUT2D eigenvalue weighted by Crippen LogP contribution is -2.22. The molecule has 0 radical (unpaired) electrons. The average Bonchev–Trinajstić information content (AvgIpc) is 2.70. The Bertz CT molecular complexity index is 1120. The summed E-state index contributed by atoms with van der Waals surface area (Å²) in [5, 5.41) is 5.01. The molecule has 0 aliphatic heterocycles. The molecule has 0 saturated heterocycles. The maximum atomic E-state index is 13.0. The summed E-state index contributed by atoms with van der Waals surface area (Å²) < 4.78 is 10.3. The highest BCUT2D eigenvalue weighted by atomic mass is 127. The van der Waals surface area contributed by atoms with Gasteiger partial charge < -0.3 is 4.74 Å². The van der Waals surface area contributed by atoms with Gasteiger partial charge in [0.2, 0.25) is 0 Å². The van der Waals surface area contributed by atoms with Crippen molar-refractivity contribution in [2.45, 2.75) is 39.7 Å². The zero-order chi connectivity index (χ0) is 21.1. The van der Waals surface area contributed by atoms with Crippen molar-refractivity contribution < 1.29 is 4.74 Å². The van der Waals surface area contributed by atoms with E-state index in [1.54, 1.807) is 12.3 Å². The summed E-state index contributed by atoms with van der Waals surface area (Å²) in [6, 6.07) is 9.52. The molecule has 0 unspecified atom stereocenters. The lowest BCUT2D eigenvalue weighted by molar-refractivity contribution is 0.214. The maximum Gasteiger partial charge on any atom is 0.282 e. The molecule has 0 aliphatic rings. The number of hydrogen-bond acceptors (Lipinski definition) is 4. The number of hydrogen-bond donors (Lipinski definition) is 0. The second-order valence-electron chi connectivity index (χ2n) is 6.55. The summed E-state index contributed by atoms with van der Waals surface area (Å²) in [6.07, 6.45) is 3.41. The van der Waals surface area contributed by atoms with Gasteiger partial charge in [0.15, 0.2) is 0 Å². The van der Waals surface area contributed by atoms with Crippen molar-refractivity contribution in [3.63, 3.8) is 0 Å². The van der Waals surface area contributed by atoms with Crippen LogP contribution < -0.4 is 10.3 Å². The highest BCUT2D eigenvalue weighted by molar-refractivity contribution is 14.1. The standard InChI is InChI=1S/C21H20BrI2N3O2/c1-4-12(3)29-20-16(23)8-13(9-17(20)24)11-25-27-19(5-2)26-18-7-6-14(22)10-15(18)21(27)28/h6-12H,4-5H2,1-3H3/t12-/m0/s1. The second-order valence-corrected chi connectivity index (χ2v) is 9.80. The number of fused-ring (bicyclic) bond motifs is 1. The molecule has 5 nitrogen and oxygen atoms in total. The molecule has 0 spiro atoms. The first kappa shape index (κ1) is 22.7. The number of nitrogens with zero attached hydrogens (tertiary/aromatic N) is 3. The molecule has 0 bridgehead atoms. The monoisotopic (exact) mass is 679 g/mol. The predicted molar refractivity (Wildman–Crippen MR) is 138 cm³/mol. The normalized spacial score (nSPS) is 12.6. The smallest absolute Gasteiger partial charge is 0.282 e. The molecule has 0 saturated carbocycles. The lowest BCUT2D eigenvalue weighted by Gasteiger charge is -2.16. The highest BCUT2D eigenvalue weighted by Crippen LogP contribution is 2.29. The minimum absolute atomic E-state index is 0.158. The van der Waals surface area contributed by atoms with Gasteiger partial charge in [-0.3, -0.25) is 4.79 Å². The summed E-state index contributed by atoms with van der Waals surface area (Å²) >= 11 is 7.97. The summed E-state index contributed by atoms with van der Waals surface area (Å²) in [4.78, 5) is 17.6. The Kier molecular flexibility index (Phi) is 7.71. The Morgan fingerprint density at radius 1 is 1.24 bits per heavy atom. The van der Waals surface area contributed by atoms with Crippen LogP contribution >= 0.6 is 61.1 Å². The van der Waals surface area contributed by atoms with Crippen LogP contribution in [0.2, 0.25) is 0 Å². The first-order valence-corrected chi connectivity index (χ1v) is 12.2. The van der Waals surface area contributed by atoms with Gasteiger partial charge >= 0.3 is 0 Å². The van der Waals surface area contributed by atoms with Gasteiger partial charge in [-0.15, -0.1) is 0 Å². The fraction of sp³-hybridized carbons (Fsp3) is 0.286. The SMILES string of the molecule is CCc1nc2ccc(Br)cc2c(=O)n1N=Cc1cc(I)c(O[C@@H](C)CC)c(I)c1. The Hall–Kier alpha value is -1.01. The molecule has 29 heavy (non-hydrogen) atoms. The highest BCUT2D eigenvalue weighted by Gasteiger charge is 2.12. The molecule has 0 amide bonds. The van der Waals surface area contributed by atoms with E-state index in [1.165, 1.54) is 4.68 Å². The average molecular weight is 680 g/mol. The van der Waals surface area contributed by atoms with Gasteiger partial charge in [0.05, 0.1) is 30.4 Å². The molecule has 0 aliphatic carbocycles. The van der Waals surface area contributed by atoms with E-state index < -0.39 is 0 Å². The Labute approximate surface area is 205 Å². The van der Waals surface area contributed by atoms with E-state index in [4.69, 9.17) is 4.74 Å². The summed E-state index contributed by atoms with van der Waals surface area (Å²) in [7, 11) is 0. The lowest BCUT2D eigenvalue weighted by atomic mass is 10.2. The molecule has 0 fully saturated rings. The van der Waals surface area contributed by atoms with Crippen molar-refractivity contribution >= 4 is 78.2 Å². The van der Waals surface area contributed by atoms with Crippen LogP contribution in [0.15, 0.2) is 44.7 Å². The van der Waals surface area contributed by atoms with Crippen LogP contribution in [0.5, 0.6) is 5.75 Å². The summed E-state index contributed by atoms with van der Waals surface area (Å²) in [5.41, 5.74) is 1.40. The number of aryl methyl sites for hydroxylation is 1. The minimum atomic E-state index is -0.175. The van der Waals surface area contributed by atoms with Crippen LogP contribution in [0, 0.1) is 7.14 Å². The van der Waals surface area contributed by atoms with Crippen LogP contribution in [0.1, 0.15) is 38.6 Å². The molecule has 1 heterocycles. The first-order chi connectivity index (χ1) is 13.8. The van der Waals surface area contributed by atoms with Crippen molar-refractivity contribution in [1.82, 2.24) is 9.66 Å². The molecule has 2 aromatic carbocycles. The van der Waals surface area contributed by atoms with Crippen LogP contribution in [0.3, 0.4) is 0 Å². The van der Waals surface area contributed by atoms with Gasteiger partial charge in [0, 0.05) is 10.9 Å². The quantitative estimate of drug-likeness (QED) is 0.238. The van der Waals surface area contributed by atoms with Gasteiger partial charge in [-0.1, -0.05) is 29.8 Å². The molecular formula is C21H20BrI2N3O2. The van der Waals surface area contributed by atoms with Crippen molar-refractivity contribution in [2.75, 3.05) is 0 Å². The fourth-order valence-corrected chi connectivity index (χ4v) is 5.15. The van der Waals surface area contributed by atoms with E-state index in [0.717, 1.165) is 29.3 Å². The fourth-order valence-electron chi connectivity index (χ4n) is 2.72. The molecule has 3 rings (SSSR count). The molecule has 0 N–H and O–H groups in total. The largest absolute Gasteiger partial charge is 0.489 e. The topological polar surface area (TPSA) is 56.5 Å². The number of ether oxygens (including phenoxy) is 1. The van der Waals surface area contributed by atoms with Gasteiger partial charge in [0.1, 0.15) is 11.6 Å². The molecule has 1 atom stereocenters. The first-order valence-electron chi connectivity index (χ1n) is 9.25. The van der Waals surface area contributed by atoms with E-state index in [2.05, 4.69) is 85.0 Å². The van der Waals surface area contributed by atoms with Gasteiger partial charge in [-0.25, -0.2) is 4.98 Å². The van der Waals surface area contributed by atoms with Crippen LogP contribution in [0.4, 0.5) is 0 Å². The third kappa shape index (κ3) is 5.19. The Morgan fingerprint density at radius 2 is 1.93 bits per heavy atom.